The minimum atomic E-state index is 0.560. The molecule has 1 heterocycles. The van der Waals surface area contributed by atoms with Crippen molar-refractivity contribution in [2.75, 3.05) is 0 Å². The average Bonchev–Trinajstić information content (AvgIpc) is 3.13. The maximum Gasteiger partial charge on any atom is 0.139 e. The molecule has 0 spiro atoms. The molecule has 1 aromatic heterocycles. The number of fused-ring (bicyclic) bond motifs is 1. The molecule has 1 N–H and O–H groups in total. The lowest BCUT2D eigenvalue weighted by Crippen LogP contribution is -1.91. The van der Waals surface area contributed by atoms with Gasteiger partial charge in [0, 0.05) is 21.5 Å². The van der Waals surface area contributed by atoms with Gasteiger partial charge in [-0.15, -0.1) is 0 Å². The Hall–Kier alpha value is -2.29. The molecule has 0 saturated heterocycles. The Balaban J connectivity index is 1.69. The summed E-state index contributed by atoms with van der Waals surface area (Å²) in [6, 6.07) is 20.5. The Morgan fingerprint density at radius 3 is 2.55 bits per heavy atom. The fourth-order valence-electron chi connectivity index (χ4n) is 3.78. The number of rotatable bonds is 7. The highest BCUT2D eigenvalue weighted by Crippen LogP contribution is 2.34. The summed E-state index contributed by atoms with van der Waals surface area (Å²) in [5.74, 6) is 0.735. The first-order valence-electron chi connectivity index (χ1n) is 10.2. The van der Waals surface area contributed by atoms with Crippen molar-refractivity contribution in [3.05, 3.63) is 76.4 Å². The van der Waals surface area contributed by atoms with Crippen molar-refractivity contribution in [1.82, 2.24) is 9.97 Å². The van der Waals surface area contributed by atoms with Crippen molar-refractivity contribution in [2.24, 2.45) is 0 Å². The van der Waals surface area contributed by atoms with Crippen LogP contribution in [0.1, 0.15) is 38.2 Å². The van der Waals surface area contributed by atoms with E-state index >= 15 is 0 Å². The van der Waals surface area contributed by atoms with Crippen LogP contribution in [0.5, 0.6) is 0 Å². The van der Waals surface area contributed by atoms with E-state index in [0.717, 1.165) is 39.8 Å². The van der Waals surface area contributed by atoms with Gasteiger partial charge in [-0.3, -0.25) is 0 Å². The smallest absolute Gasteiger partial charge is 0.139 e. The van der Waals surface area contributed by atoms with Gasteiger partial charge in [0.05, 0.1) is 0 Å². The highest BCUT2D eigenvalue weighted by molar-refractivity contribution is 6.36. The van der Waals surface area contributed by atoms with Crippen LogP contribution in [-0.4, -0.2) is 9.97 Å². The predicted molar refractivity (Wildman–Crippen MR) is 125 cm³/mol. The molecule has 0 aliphatic rings. The SMILES string of the molecule is CCCCCCc1ccccc1-c1nc(-c2cc(Cl)c3ccccc3c2)[nH]c1Cl. The molecule has 0 bridgehead atoms. The van der Waals surface area contributed by atoms with E-state index in [1.54, 1.807) is 0 Å². The third-order valence-electron chi connectivity index (χ3n) is 5.32. The van der Waals surface area contributed by atoms with E-state index < -0.39 is 0 Å². The molecule has 2 nitrogen and oxygen atoms in total. The monoisotopic (exact) mass is 422 g/mol. The van der Waals surface area contributed by atoms with E-state index in [0.29, 0.717) is 10.2 Å². The Morgan fingerprint density at radius 1 is 0.897 bits per heavy atom. The minimum Gasteiger partial charge on any atom is -0.329 e. The fraction of sp³-hybridized carbons (Fsp3) is 0.240. The molecule has 0 unspecified atom stereocenters. The minimum absolute atomic E-state index is 0.560. The summed E-state index contributed by atoms with van der Waals surface area (Å²) < 4.78 is 0. The molecule has 4 rings (SSSR count). The van der Waals surface area contributed by atoms with E-state index in [4.69, 9.17) is 28.2 Å². The number of imidazole rings is 1. The maximum atomic E-state index is 6.59. The Bertz CT molecular complexity index is 1130. The molecule has 4 heteroatoms. The van der Waals surface area contributed by atoms with Crippen LogP contribution in [0.3, 0.4) is 0 Å². The zero-order chi connectivity index (χ0) is 20.2. The number of halogens is 2. The zero-order valence-corrected chi connectivity index (χ0v) is 18.0. The topological polar surface area (TPSA) is 28.7 Å². The van der Waals surface area contributed by atoms with Gasteiger partial charge in [0.15, 0.2) is 0 Å². The number of nitrogens with one attached hydrogen (secondary N) is 1. The first-order valence-corrected chi connectivity index (χ1v) is 11.0. The summed E-state index contributed by atoms with van der Waals surface area (Å²) in [6.07, 6.45) is 5.99. The van der Waals surface area contributed by atoms with Gasteiger partial charge in [0.25, 0.3) is 0 Å². The summed E-state index contributed by atoms with van der Waals surface area (Å²) in [4.78, 5) is 8.11. The van der Waals surface area contributed by atoms with Crippen LogP contribution >= 0.6 is 23.2 Å². The summed E-state index contributed by atoms with van der Waals surface area (Å²) in [7, 11) is 0. The molecule has 0 amide bonds. The second kappa shape index (κ2) is 9.02. The van der Waals surface area contributed by atoms with Gasteiger partial charge in [0.2, 0.25) is 0 Å². The summed E-state index contributed by atoms with van der Waals surface area (Å²) >= 11 is 13.1. The third-order valence-corrected chi connectivity index (χ3v) is 5.90. The molecule has 148 valence electrons. The van der Waals surface area contributed by atoms with Gasteiger partial charge < -0.3 is 4.98 Å². The fourth-order valence-corrected chi connectivity index (χ4v) is 4.30. The molecule has 3 aromatic carbocycles. The van der Waals surface area contributed by atoms with E-state index in [9.17, 15) is 0 Å². The number of hydrogen-bond acceptors (Lipinski definition) is 1. The Kier molecular flexibility index (Phi) is 6.22. The van der Waals surface area contributed by atoms with Crippen LogP contribution in [0.15, 0.2) is 60.7 Å². The quantitative estimate of drug-likeness (QED) is 0.297. The van der Waals surface area contributed by atoms with Gasteiger partial charge in [-0.25, -0.2) is 4.98 Å². The second-order valence-electron chi connectivity index (χ2n) is 7.40. The molecule has 0 aliphatic carbocycles. The van der Waals surface area contributed by atoms with Gasteiger partial charge in [-0.2, -0.15) is 0 Å². The molecular weight excluding hydrogens is 399 g/mol. The van der Waals surface area contributed by atoms with Gasteiger partial charge in [0.1, 0.15) is 16.7 Å². The van der Waals surface area contributed by atoms with Crippen LogP contribution in [0.2, 0.25) is 10.2 Å². The Morgan fingerprint density at radius 2 is 1.69 bits per heavy atom. The van der Waals surface area contributed by atoms with Crippen LogP contribution in [0.4, 0.5) is 0 Å². The lowest BCUT2D eigenvalue weighted by Gasteiger charge is -2.08. The molecule has 29 heavy (non-hydrogen) atoms. The average molecular weight is 423 g/mol. The normalized spacial score (nSPS) is 11.3. The van der Waals surface area contributed by atoms with Crippen molar-refractivity contribution >= 4 is 34.0 Å². The zero-order valence-electron chi connectivity index (χ0n) is 16.5. The van der Waals surface area contributed by atoms with Crippen molar-refractivity contribution in [1.29, 1.82) is 0 Å². The molecular formula is C25H24Cl2N2. The van der Waals surface area contributed by atoms with Crippen molar-refractivity contribution in [3.63, 3.8) is 0 Å². The highest BCUT2D eigenvalue weighted by atomic mass is 35.5. The standard InChI is InChI=1S/C25H24Cl2N2/c1-2-3-4-5-10-17-11-6-9-14-21(17)23-24(27)29-25(28-23)19-15-18-12-7-8-13-20(18)22(26)16-19/h6-9,11-16H,2-5,10H2,1H3,(H,28,29). The lowest BCUT2D eigenvalue weighted by molar-refractivity contribution is 0.667. The number of benzene rings is 3. The number of H-pyrrole nitrogens is 1. The van der Waals surface area contributed by atoms with Gasteiger partial charge in [-0.1, -0.05) is 97.9 Å². The first-order chi connectivity index (χ1) is 14.2. The van der Waals surface area contributed by atoms with Gasteiger partial charge in [-0.05, 0) is 35.9 Å². The number of nitrogens with zero attached hydrogens (tertiary/aromatic N) is 1. The number of hydrogen-bond donors (Lipinski definition) is 1. The summed E-state index contributed by atoms with van der Waals surface area (Å²) in [6.45, 7) is 2.23. The number of aryl methyl sites for hydroxylation is 1. The number of aromatic nitrogens is 2. The Labute approximate surface area is 181 Å². The van der Waals surface area contributed by atoms with Crippen LogP contribution < -0.4 is 0 Å². The first kappa shape index (κ1) is 20.0. The number of unbranched alkanes of at least 4 members (excludes halogenated alkanes) is 3. The largest absolute Gasteiger partial charge is 0.329 e. The van der Waals surface area contributed by atoms with Gasteiger partial charge >= 0.3 is 0 Å². The van der Waals surface area contributed by atoms with E-state index in [2.05, 4.69) is 42.2 Å². The van der Waals surface area contributed by atoms with E-state index in [1.807, 2.05) is 30.3 Å². The summed E-state index contributed by atoms with van der Waals surface area (Å²) in [5.41, 5.74) is 4.13. The van der Waals surface area contributed by atoms with Crippen molar-refractivity contribution < 1.29 is 0 Å². The van der Waals surface area contributed by atoms with Crippen LogP contribution in [0.25, 0.3) is 33.4 Å². The molecule has 4 aromatic rings. The molecule has 0 radical (unpaired) electrons. The van der Waals surface area contributed by atoms with Crippen molar-refractivity contribution in [3.8, 4) is 22.6 Å². The van der Waals surface area contributed by atoms with Crippen molar-refractivity contribution in [2.45, 2.75) is 39.0 Å². The molecule has 0 fully saturated rings. The second-order valence-corrected chi connectivity index (χ2v) is 8.18. The maximum absolute atomic E-state index is 6.59. The van der Waals surface area contributed by atoms with Crippen LogP contribution in [0, 0.1) is 0 Å². The van der Waals surface area contributed by atoms with Crippen LogP contribution in [-0.2, 0) is 6.42 Å². The summed E-state index contributed by atoms with van der Waals surface area (Å²) in [5, 5.41) is 3.39. The third kappa shape index (κ3) is 4.34. The van der Waals surface area contributed by atoms with E-state index in [-0.39, 0.29) is 0 Å². The van der Waals surface area contributed by atoms with E-state index in [1.165, 1.54) is 31.2 Å². The molecule has 0 aliphatic heterocycles. The lowest BCUT2D eigenvalue weighted by atomic mass is 9.99. The predicted octanol–water partition coefficient (Wildman–Crippen LogP) is 8.33. The highest BCUT2D eigenvalue weighted by Gasteiger charge is 2.16. The molecule has 0 atom stereocenters. The molecule has 0 saturated carbocycles. The number of aromatic amines is 1.